The number of H-pyrrole nitrogens is 1. The Morgan fingerprint density at radius 2 is 2.00 bits per heavy atom. The van der Waals surface area contributed by atoms with Gasteiger partial charge in [-0.2, -0.15) is 11.8 Å². The van der Waals surface area contributed by atoms with Crippen LogP contribution < -0.4 is 10.9 Å². The summed E-state index contributed by atoms with van der Waals surface area (Å²) in [6.45, 7) is 0. The number of hydrogen-bond acceptors (Lipinski definition) is 3. The summed E-state index contributed by atoms with van der Waals surface area (Å²) in [6.07, 6.45) is 0. The lowest BCUT2D eigenvalue weighted by atomic mass is 9.98. The lowest BCUT2D eigenvalue weighted by molar-refractivity contribution is 0.510. The summed E-state index contributed by atoms with van der Waals surface area (Å²) in [5.74, 6) is -0.404. The molecule has 0 radical (unpaired) electrons. The zero-order valence-electron chi connectivity index (χ0n) is 10.2. The lowest BCUT2D eigenvalue weighted by Gasteiger charge is -2.26. The number of pyridine rings is 1. The molecule has 2 heterocycles. The summed E-state index contributed by atoms with van der Waals surface area (Å²) in [5.41, 5.74) is 1.29. The van der Waals surface area contributed by atoms with Crippen LogP contribution in [-0.2, 0) is 5.75 Å². The van der Waals surface area contributed by atoms with Crippen LogP contribution >= 0.6 is 11.8 Å². The minimum Gasteiger partial charge on any atom is -0.324 e. The van der Waals surface area contributed by atoms with E-state index in [1.165, 1.54) is 0 Å². The zero-order valence-corrected chi connectivity index (χ0v) is 11.0. The van der Waals surface area contributed by atoms with Gasteiger partial charge in [0.2, 0.25) is 0 Å². The van der Waals surface area contributed by atoms with Crippen LogP contribution in [0, 0.1) is 11.6 Å². The summed E-state index contributed by atoms with van der Waals surface area (Å²) in [4.78, 5) is 14.7. The molecule has 1 aliphatic rings. The van der Waals surface area contributed by atoms with Crippen molar-refractivity contribution >= 4 is 22.5 Å². The molecule has 0 saturated carbocycles. The first-order chi connectivity index (χ1) is 9.11. The molecule has 0 saturated heterocycles. The smallest absolute Gasteiger partial charge is 0.256 e. The molecule has 0 unspecified atom stereocenters. The Kier molecular flexibility index (Phi) is 3.06. The highest BCUT2D eigenvalue weighted by Crippen LogP contribution is 2.34. The second-order valence-electron chi connectivity index (χ2n) is 4.51. The first-order valence-electron chi connectivity index (χ1n) is 5.90. The quantitative estimate of drug-likeness (QED) is 0.843. The molecule has 6 heteroatoms. The molecule has 0 fully saturated rings. The Bertz CT molecular complexity index is 714. The van der Waals surface area contributed by atoms with Crippen molar-refractivity contribution in [1.29, 1.82) is 0 Å². The molecule has 0 aliphatic carbocycles. The maximum absolute atomic E-state index is 13.5. The van der Waals surface area contributed by atoms with Gasteiger partial charge in [-0.05, 0) is 30.1 Å². The monoisotopic (exact) mass is 282 g/mol. The fourth-order valence-electron chi connectivity index (χ4n) is 2.49. The molecule has 2 N–H and O–H groups in total. The van der Waals surface area contributed by atoms with E-state index >= 15 is 0 Å². The first-order valence-corrected chi connectivity index (χ1v) is 7.06. The SMILES string of the molecule is CN[C@H]1CSCc2[nH]c(=O)c3cc(F)c(F)cc3c21. The van der Waals surface area contributed by atoms with E-state index < -0.39 is 11.6 Å². The van der Waals surface area contributed by atoms with Crippen LogP contribution in [0.1, 0.15) is 17.3 Å². The van der Waals surface area contributed by atoms with E-state index in [0.717, 1.165) is 29.1 Å². The van der Waals surface area contributed by atoms with Gasteiger partial charge in [-0.25, -0.2) is 8.78 Å². The topological polar surface area (TPSA) is 44.9 Å². The van der Waals surface area contributed by atoms with Crippen LogP contribution in [0.3, 0.4) is 0 Å². The Morgan fingerprint density at radius 3 is 2.68 bits per heavy atom. The normalized spacial score (nSPS) is 18.6. The number of hydrogen-bond donors (Lipinski definition) is 2. The molecule has 0 amide bonds. The second kappa shape index (κ2) is 4.61. The maximum Gasteiger partial charge on any atom is 0.256 e. The predicted octanol–water partition coefficient (Wildman–Crippen LogP) is 2.31. The maximum atomic E-state index is 13.5. The average molecular weight is 282 g/mol. The largest absolute Gasteiger partial charge is 0.324 e. The van der Waals surface area contributed by atoms with Gasteiger partial charge in [0.25, 0.3) is 5.56 Å². The Morgan fingerprint density at radius 1 is 1.32 bits per heavy atom. The van der Waals surface area contributed by atoms with Crippen molar-refractivity contribution in [1.82, 2.24) is 10.3 Å². The number of thioether (sulfide) groups is 1. The Labute approximate surface area is 112 Å². The van der Waals surface area contributed by atoms with E-state index in [9.17, 15) is 13.6 Å². The summed E-state index contributed by atoms with van der Waals surface area (Å²) in [5, 5.41) is 3.84. The van der Waals surface area contributed by atoms with Crippen molar-refractivity contribution in [2.45, 2.75) is 11.8 Å². The van der Waals surface area contributed by atoms with E-state index in [-0.39, 0.29) is 17.0 Å². The number of aromatic amines is 1. The average Bonchev–Trinajstić information content (AvgIpc) is 2.40. The minimum absolute atomic E-state index is 0.0259. The predicted molar refractivity (Wildman–Crippen MR) is 72.4 cm³/mol. The van der Waals surface area contributed by atoms with Gasteiger partial charge in [0.15, 0.2) is 11.6 Å². The van der Waals surface area contributed by atoms with Gasteiger partial charge < -0.3 is 10.3 Å². The summed E-state index contributed by atoms with van der Waals surface area (Å²) < 4.78 is 26.8. The summed E-state index contributed by atoms with van der Waals surface area (Å²) in [7, 11) is 1.82. The van der Waals surface area contributed by atoms with E-state index in [1.54, 1.807) is 11.8 Å². The zero-order chi connectivity index (χ0) is 13.6. The van der Waals surface area contributed by atoms with Gasteiger partial charge in [0.1, 0.15) is 0 Å². The molecule has 3 nitrogen and oxygen atoms in total. The molecule has 1 aliphatic heterocycles. The van der Waals surface area contributed by atoms with Crippen molar-refractivity contribution in [3.63, 3.8) is 0 Å². The van der Waals surface area contributed by atoms with Crippen molar-refractivity contribution in [2.75, 3.05) is 12.8 Å². The van der Waals surface area contributed by atoms with Crippen LogP contribution in [0.5, 0.6) is 0 Å². The Balaban J connectivity index is 2.42. The number of halogens is 2. The number of rotatable bonds is 1. The molecule has 19 heavy (non-hydrogen) atoms. The summed E-state index contributed by atoms with van der Waals surface area (Å²) >= 11 is 1.69. The number of aromatic nitrogens is 1. The minimum atomic E-state index is -0.996. The standard InChI is InChI=1S/C13H12F2N2OS/c1-16-10-4-19-5-11-12(10)6-2-8(14)9(15)3-7(6)13(18)17-11/h2-3,10,16H,4-5H2,1H3,(H,17,18)/t10-/m0/s1. The summed E-state index contributed by atoms with van der Waals surface area (Å²) in [6, 6.07) is 2.12. The van der Waals surface area contributed by atoms with E-state index in [1.807, 2.05) is 7.05 Å². The van der Waals surface area contributed by atoms with Gasteiger partial charge in [0.05, 0.1) is 5.39 Å². The highest BCUT2D eigenvalue weighted by atomic mass is 32.2. The molecular formula is C13H12F2N2OS. The number of benzene rings is 1. The number of nitrogens with one attached hydrogen (secondary N) is 2. The van der Waals surface area contributed by atoms with Crippen LogP contribution in [-0.4, -0.2) is 17.8 Å². The van der Waals surface area contributed by atoms with Crippen LogP contribution in [0.25, 0.3) is 10.8 Å². The van der Waals surface area contributed by atoms with Crippen molar-refractivity contribution in [3.8, 4) is 0 Å². The third-order valence-corrected chi connectivity index (χ3v) is 4.47. The third kappa shape index (κ3) is 1.95. The van der Waals surface area contributed by atoms with E-state index in [4.69, 9.17) is 0 Å². The molecule has 100 valence electrons. The van der Waals surface area contributed by atoms with Gasteiger partial charge in [-0.1, -0.05) is 0 Å². The van der Waals surface area contributed by atoms with Crippen molar-refractivity contribution in [3.05, 3.63) is 45.4 Å². The highest BCUT2D eigenvalue weighted by Gasteiger charge is 2.24. The molecule has 1 aromatic heterocycles. The van der Waals surface area contributed by atoms with Gasteiger partial charge in [-0.15, -0.1) is 0 Å². The van der Waals surface area contributed by atoms with Crippen molar-refractivity contribution in [2.24, 2.45) is 0 Å². The molecule has 0 bridgehead atoms. The van der Waals surface area contributed by atoms with Crippen LogP contribution in [0.4, 0.5) is 8.78 Å². The van der Waals surface area contributed by atoms with E-state index in [0.29, 0.717) is 11.1 Å². The molecule has 3 rings (SSSR count). The number of fused-ring (bicyclic) bond motifs is 3. The van der Waals surface area contributed by atoms with Gasteiger partial charge in [0, 0.05) is 23.2 Å². The fourth-order valence-corrected chi connectivity index (χ4v) is 3.61. The molecule has 2 aromatic rings. The molecular weight excluding hydrogens is 270 g/mol. The van der Waals surface area contributed by atoms with Crippen LogP contribution in [0.15, 0.2) is 16.9 Å². The fraction of sp³-hybridized carbons (Fsp3) is 0.308. The lowest BCUT2D eigenvalue weighted by Crippen LogP contribution is -2.26. The molecule has 1 aromatic carbocycles. The van der Waals surface area contributed by atoms with Crippen molar-refractivity contribution < 1.29 is 8.78 Å². The molecule has 0 spiro atoms. The highest BCUT2D eigenvalue weighted by molar-refractivity contribution is 7.98. The Hall–Kier alpha value is -1.40. The molecule has 1 atom stereocenters. The van der Waals surface area contributed by atoms with Crippen LogP contribution in [0.2, 0.25) is 0 Å². The third-order valence-electron chi connectivity index (χ3n) is 3.41. The van der Waals surface area contributed by atoms with E-state index in [2.05, 4.69) is 10.3 Å². The van der Waals surface area contributed by atoms with Gasteiger partial charge >= 0.3 is 0 Å². The van der Waals surface area contributed by atoms with Gasteiger partial charge in [-0.3, -0.25) is 4.79 Å². The second-order valence-corrected chi connectivity index (χ2v) is 5.54. The first kappa shape index (κ1) is 12.6.